The lowest BCUT2D eigenvalue weighted by atomic mass is 10.0. The molecule has 0 aromatic rings. The zero-order valence-electron chi connectivity index (χ0n) is 6.23. The van der Waals surface area contributed by atoms with Gasteiger partial charge in [0.15, 0.2) is 0 Å². The van der Waals surface area contributed by atoms with Crippen LogP contribution in [-0.2, 0) is 9.59 Å². The van der Waals surface area contributed by atoms with Crippen LogP contribution in [0.25, 0.3) is 0 Å². The number of nitrogens with zero attached hydrogens (tertiary/aromatic N) is 1. The largest absolute Gasteiger partial charge is 0.339 e. The van der Waals surface area contributed by atoms with Gasteiger partial charge in [0, 0.05) is 12.4 Å². The van der Waals surface area contributed by atoms with E-state index in [2.05, 4.69) is 6.08 Å². The molecule has 0 fully saturated rings. The summed E-state index contributed by atoms with van der Waals surface area (Å²) in [4.78, 5) is 23.7. The van der Waals surface area contributed by atoms with Gasteiger partial charge in [-0.25, -0.2) is 0 Å². The van der Waals surface area contributed by atoms with E-state index in [0.717, 1.165) is 0 Å². The quantitative estimate of drug-likeness (QED) is 0.475. The molecular formula is C9H6NO2. The number of hydrogen-bond acceptors (Lipinski definition) is 3. The number of rotatable bonds is 0. The van der Waals surface area contributed by atoms with Crippen molar-refractivity contribution in [1.29, 1.82) is 0 Å². The highest BCUT2D eigenvalue weighted by atomic mass is 16.2. The average Bonchev–Trinajstić information content (AvgIpc) is 2.12. The third-order valence-electron chi connectivity index (χ3n) is 1.82. The predicted molar refractivity (Wildman–Crippen MR) is 41.7 cm³/mol. The SMILES string of the molecule is O=C1[C]=CN2C=CC=CC2C1=O. The summed E-state index contributed by atoms with van der Waals surface area (Å²) in [5, 5.41) is 0. The first kappa shape index (κ1) is 7.03. The van der Waals surface area contributed by atoms with Crippen molar-refractivity contribution in [3.05, 3.63) is 36.7 Å². The van der Waals surface area contributed by atoms with Gasteiger partial charge in [0.2, 0.25) is 11.6 Å². The lowest BCUT2D eigenvalue weighted by Crippen LogP contribution is -2.41. The van der Waals surface area contributed by atoms with Crippen LogP contribution in [0.1, 0.15) is 0 Å². The molecule has 0 aromatic heterocycles. The fourth-order valence-electron chi connectivity index (χ4n) is 1.20. The summed E-state index contributed by atoms with van der Waals surface area (Å²) in [5.41, 5.74) is 0. The minimum absolute atomic E-state index is 0.418. The van der Waals surface area contributed by atoms with Crippen LogP contribution >= 0.6 is 0 Å². The second-order valence-corrected chi connectivity index (χ2v) is 2.59. The second kappa shape index (κ2) is 2.44. The Morgan fingerprint density at radius 3 is 3.00 bits per heavy atom. The summed E-state index contributed by atoms with van der Waals surface area (Å²) in [5.74, 6) is -0.964. The van der Waals surface area contributed by atoms with Crippen LogP contribution in [0.5, 0.6) is 0 Å². The summed E-state index contributed by atoms with van der Waals surface area (Å²) in [6.45, 7) is 0. The van der Waals surface area contributed by atoms with Crippen LogP contribution in [0.15, 0.2) is 30.6 Å². The minimum Gasteiger partial charge on any atom is -0.339 e. The predicted octanol–water partition coefficient (Wildman–Crippen LogP) is 0.209. The Morgan fingerprint density at radius 1 is 1.33 bits per heavy atom. The Bertz CT molecular complexity index is 325. The molecular weight excluding hydrogens is 154 g/mol. The molecule has 2 aliphatic heterocycles. The molecule has 0 saturated carbocycles. The van der Waals surface area contributed by atoms with Crippen LogP contribution < -0.4 is 0 Å². The van der Waals surface area contributed by atoms with Gasteiger partial charge in [0.1, 0.15) is 6.04 Å². The van der Waals surface area contributed by atoms with Crippen molar-refractivity contribution < 1.29 is 9.59 Å². The molecule has 3 nitrogen and oxygen atoms in total. The molecule has 2 aliphatic rings. The maximum atomic E-state index is 11.2. The van der Waals surface area contributed by atoms with Crippen LogP contribution in [0, 0.1) is 6.08 Å². The van der Waals surface area contributed by atoms with E-state index in [0.29, 0.717) is 0 Å². The molecule has 2 rings (SSSR count). The van der Waals surface area contributed by atoms with Gasteiger partial charge in [0.05, 0.1) is 6.08 Å². The van der Waals surface area contributed by atoms with Crippen LogP contribution in [0.2, 0.25) is 0 Å². The Labute approximate surface area is 69.7 Å². The molecule has 1 unspecified atom stereocenters. The summed E-state index contributed by atoms with van der Waals surface area (Å²) in [6, 6.07) is -0.441. The van der Waals surface area contributed by atoms with Crippen LogP contribution in [-0.4, -0.2) is 22.5 Å². The van der Waals surface area contributed by atoms with Gasteiger partial charge in [-0.05, 0) is 6.08 Å². The molecule has 0 spiro atoms. The summed E-state index contributed by atoms with van der Waals surface area (Å²) < 4.78 is 0. The van der Waals surface area contributed by atoms with Gasteiger partial charge in [-0.2, -0.15) is 0 Å². The van der Waals surface area contributed by atoms with Crippen molar-refractivity contribution in [2.75, 3.05) is 0 Å². The molecule has 0 N–H and O–H groups in total. The van der Waals surface area contributed by atoms with Gasteiger partial charge in [0.25, 0.3) is 0 Å². The Kier molecular flexibility index (Phi) is 1.43. The number of Topliss-reactive ketones (excluding diaryl/α,β-unsaturated/α-hetero) is 2. The van der Waals surface area contributed by atoms with E-state index in [1.807, 2.05) is 0 Å². The lowest BCUT2D eigenvalue weighted by Gasteiger charge is -2.27. The smallest absolute Gasteiger partial charge is 0.233 e. The normalized spacial score (nSPS) is 26.3. The Morgan fingerprint density at radius 2 is 2.17 bits per heavy atom. The number of carbonyl (C=O) groups excluding carboxylic acids is 2. The molecule has 0 aliphatic carbocycles. The molecule has 3 heteroatoms. The minimum atomic E-state index is -0.545. The van der Waals surface area contributed by atoms with E-state index in [1.165, 1.54) is 6.20 Å². The van der Waals surface area contributed by atoms with Crippen molar-refractivity contribution >= 4 is 11.6 Å². The highest BCUT2D eigenvalue weighted by Gasteiger charge is 2.29. The molecule has 0 saturated heterocycles. The van der Waals surface area contributed by atoms with Gasteiger partial charge in [-0.1, -0.05) is 12.2 Å². The molecule has 0 amide bonds. The monoisotopic (exact) mass is 160 g/mol. The van der Waals surface area contributed by atoms with E-state index in [1.54, 1.807) is 29.3 Å². The fourth-order valence-corrected chi connectivity index (χ4v) is 1.20. The summed E-state index contributed by atoms with van der Waals surface area (Å²) in [7, 11) is 0. The Hall–Kier alpha value is -1.64. The maximum Gasteiger partial charge on any atom is 0.233 e. The standard InChI is InChI=1S/C9H6NO2/c11-8-4-6-10-5-2-1-3-7(10)9(8)12/h1-3,5-7H. The third kappa shape index (κ3) is 0.906. The van der Waals surface area contributed by atoms with Crippen LogP contribution in [0.3, 0.4) is 0 Å². The molecule has 2 heterocycles. The second-order valence-electron chi connectivity index (χ2n) is 2.59. The number of fused-ring (bicyclic) bond motifs is 1. The summed E-state index contributed by atoms with van der Waals surface area (Å²) in [6.07, 6.45) is 10.8. The molecule has 0 aromatic carbocycles. The first-order valence-electron chi connectivity index (χ1n) is 3.59. The van der Waals surface area contributed by atoms with Crippen molar-refractivity contribution in [2.24, 2.45) is 0 Å². The van der Waals surface area contributed by atoms with E-state index >= 15 is 0 Å². The third-order valence-corrected chi connectivity index (χ3v) is 1.82. The molecule has 12 heavy (non-hydrogen) atoms. The van der Waals surface area contributed by atoms with Gasteiger partial charge < -0.3 is 4.90 Å². The zero-order valence-corrected chi connectivity index (χ0v) is 6.23. The zero-order chi connectivity index (χ0) is 8.55. The first-order chi connectivity index (χ1) is 5.79. The van der Waals surface area contributed by atoms with E-state index < -0.39 is 17.6 Å². The maximum absolute atomic E-state index is 11.2. The topological polar surface area (TPSA) is 37.4 Å². The number of hydrogen-bond donors (Lipinski definition) is 0. The number of carbonyl (C=O) groups is 2. The van der Waals surface area contributed by atoms with Gasteiger partial charge >= 0.3 is 0 Å². The Balaban J connectivity index is 2.39. The first-order valence-corrected chi connectivity index (χ1v) is 3.59. The average molecular weight is 160 g/mol. The number of ketones is 2. The van der Waals surface area contributed by atoms with E-state index in [4.69, 9.17) is 0 Å². The van der Waals surface area contributed by atoms with Crippen molar-refractivity contribution in [2.45, 2.75) is 6.04 Å². The molecule has 0 bridgehead atoms. The fraction of sp³-hybridized carbons (Fsp3) is 0.111. The lowest BCUT2D eigenvalue weighted by molar-refractivity contribution is -0.136. The van der Waals surface area contributed by atoms with E-state index in [9.17, 15) is 9.59 Å². The van der Waals surface area contributed by atoms with Crippen molar-refractivity contribution in [3.63, 3.8) is 0 Å². The van der Waals surface area contributed by atoms with Crippen molar-refractivity contribution in [3.8, 4) is 0 Å². The van der Waals surface area contributed by atoms with E-state index in [-0.39, 0.29) is 0 Å². The number of allylic oxidation sites excluding steroid dienone is 3. The highest BCUT2D eigenvalue weighted by Crippen LogP contribution is 2.13. The van der Waals surface area contributed by atoms with Gasteiger partial charge in [-0.3, -0.25) is 9.59 Å². The van der Waals surface area contributed by atoms with Crippen molar-refractivity contribution in [1.82, 2.24) is 4.90 Å². The summed E-state index contributed by atoms with van der Waals surface area (Å²) >= 11 is 0. The molecule has 1 radical (unpaired) electrons. The molecule has 59 valence electrons. The highest BCUT2D eigenvalue weighted by molar-refractivity contribution is 6.42. The van der Waals surface area contributed by atoms with Gasteiger partial charge in [-0.15, -0.1) is 0 Å². The molecule has 1 atom stereocenters. The van der Waals surface area contributed by atoms with Crippen LogP contribution in [0.4, 0.5) is 0 Å².